The Kier molecular flexibility index (Phi) is 7.69. The number of rotatable bonds is 7. The van der Waals surface area contributed by atoms with E-state index in [1.54, 1.807) is 0 Å². The molecule has 0 radical (unpaired) electrons. The van der Waals surface area contributed by atoms with Crippen molar-refractivity contribution in [1.29, 1.82) is 0 Å². The van der Waals surface area contributed by atoms with Gasteiger partial charge in [-0.3, -0.25) is 4.79 Å². The SMILES string of the molecule is CCCNC(=O)[C@@H](C)CCCCN. The molecule has 13 heavy (non-hydrogen) atoms. The molecule has 1 amide bonds. The van der Waals surface area contributed by atoms with Crippen molar-refractivity contribution in [3.8, 4) is 0 Å². The van der Waals surface area contributed by atoms with Crippen LogP contribution in [0.4, 0.5) is 0 Å². The van der Waals surface area contributed by atoms with Crippen molar-refractivity contribution in [2.75, 3.05) is 13.1 Å². The molecule has 0 bridgehead atoms. The smallest absolute Gasteiger partial charge is 0.222 e. The highest BCUT2D eigenvalue weighted by Crippen LogP contribution is 2.06. The van der Waals surface area contributed by atoms with E-state index in [1.807, 2.05) is 6.92 Å². The van der Waals surface area contributed by atoms with Crippen molar-refractivity contribution in [1.82, 2.24) is 5.32 Å². The van der Waals surface area contributed by atoms with Crippen LogP contribution >= 0.6 is 0 Å². The molecule has 0 rings (SSSR count). The highest BCUT2D eigenvalue weighted by atomic mass is 16.1. The summed E-state index contributed by atoms with van der Waals surface area (Å²) in [6.07, 6.45) is 4.02. The number of nitrogens with two attached hydrogens (primary N) is 1. The Morgan fingerprint density at radius 1 is 1.46 bits per heavy atom. The first-order valence-electron chi connectivity index (χ1n) is 5.20. The Labute approximate surface area is 81.1 Å². The van der Waals surface area contributed by atoms with Gasteiger partial charge in [0.05, 0.1) is 0 Å². The summed E-state index contributed by atoms with van der Waals surface area (Å²) in [6.45, 7) is 5.55. The van der Waals surface area contributed by atoms with E-state index >= 15 is 0 Å². The topological polar surface area (TPSA) is 55.1 Å². The number of carbonyl (C=O) groups excluding carboxylic acids is 1. The minimum atomic E-state index is 0.137. The van der Waals surface area contributed by atoms with Gasteiger partial charge in [0, 0.05) is 12.5 Å². The molecule has 0 saturated heterocycles. The Hall–Kier alpha value is -0.570. The fourth-order valence-electron chi connectivity index (χ4n) is 1.15. The van der Waals surface area contributed by atoms with Gasteiger partial charge in [0.2, 0.25) is 5.91 Å². The maximum Gasteiger partial charge on any atom is 0.222 e. The minimum absolute atomic E-state index is 0.137. The predicted molar refractivity (Wildman–Crippen MR) is 55.4 cm³/mol. The van der Waals surface area contributed by atoms with Gasteiger partial charge in [-0.1, -0.05) is 20.3 Å². The first-order chi connectivity index (χ1) is 6.22. The lowest BCUT2D eigenvalue weighted by Crippen LogP contribution is -2.29. The lowest BCUT2D eigenvalue weighted by atomic mass is 10.0. The molecule has 0 unspecified atom stereocenters. The molecule has 0 fully saturated rings. The molecule has 0 spiro atoms. The molecule has 0 aromatic carbocycles. The first-order valence-corrected chi connectivity index (χ1v) is 5.20. The molecular weight excluding hydrogens is 164 g/mol. The summed E-state index contributed by atoms with van der Waals surface area (Å²) in [5.74, 6) is 0.317. The minimum Gasteiger partial charge on any atom is -0.356 e. The summed E-state index contributed by atoms with van der Waals surface area (Å²) in [6, 6.07) is 0. The van der Waals surface area contributed by atoms with Gasteiger partial charge in [-0.05, 0) is 25.8 Å². The molecule has 0 aromatic heterocycles. The molecule has 78 valence electrons. The van der Waals surface area contributed by atoms with E-state index < -0.39 is 0 Å². The third kappa shape index (κ3) is 6.58. The number of hydrogen-bond acceptors (Lipinski definition) is 2. The standard InChI is InChI=1S/C10H22N2O/c1-3-8-12-10(13)9(2)6-4-5-7-11/h9H,3-8,11H2,1-2H3,(H,12,13)/t9-/m0/s1. The Balaban J connectivity index is 3.45. The molecule has 3 heteroatoms. The van der Waals surface area contributed by atoms with E-state index in [4.69, 9.17) is 5.73 Å². The summed E-state index contributed by atoms with van der Waals surface area (Å²) in [5, 5.41) is 2.89. The molecule has 3 nitrogen and oxygen atoms in total. The van der Waals surface area contributed by atoms with Crippen molar-refractivity contribution in [2.24, 2.45) is 11.7 Å². The van der Waals surface area contributed by atoms with Crippen LogP contribution in [0.25, 0.3) is 0 Å². The largest absolute Gasteiger partial charge is 0.356 e. The van der Waals surface area contributed by atoms with Crippen LogP contribution in [0.5, 0.6) is 0 Å². The van der Waals surface area contributed by atoms with Crippen molar-refractivity contribution in [3.05, 3.63) is 0 Å². The van der Waals surface area contributed by atoms with Gasteiger partial charge in [-0.2, -0.15) is 0 Å². The van der Waals surface area contributed by atoms with Crippen molar-refractivity contribution in [2.45, 2.75) is 39.5 Å². The Morgan fingerprint density at radius 3 is 2.69 bits per heavy atom. The summed E-state index contributed by atoms with van der Waals surface area (Å²) < 4.78 is 0. The molecular formula is C10H22N2O. The molecule has 3 N–H and O–H groups in total. The predicted octanol–water partition coefficient (Wildman–Crippen LogP) is 1.28. The van der Waals surface area contributed by atoms with Crippen LogP contribution in [0.1, 0.15) is 39.5 Å². The van der Waals surface area contributed by atoms with E-state index in [2.05, 4.69) is 12.2 Å². The number of amides is 1. The zero-order chi connectivity index (χ0) is 10.1. The Bertz CT molecular complexity index is 137. The fourth-order valence-corrected chi connectivity index (χ4v) is 1.15. The van der Waals surface area contributed by atoms with Gasteiger partial charge in [-0.15, -0.1) is 0 Å². The number of hydrogen-bond donors (Lipinski definition) is 2. The van der Waals surface area contributed by atoms with Gasteiger partial charge >= 0.3 is 0 Å². The lowest BCUT2D eigenvalue weighted by molar-refractivity contribution is -0.124. The van der Waals surface area contributed by atoms with Gasteiger partial charge in [0.15, 0.2) is 0 Å². The molecule has 1 atom stereocenters. The van der Waals surface area contributed by atoms with Crippen LogP contribution < -0.4 is 11.1 Å². The zero-order valence-corrected chi connectivity index (χ0v) is 8.81. The van der Waals surface area contributed by atoms with Crippen LogP contribution in [0.2, 0.25) is 0 Å². The third-order valence-electron chi connectivity index (χ3n) is 2.09. The van der Waals surface area contributed by atoms with Crippen LogP contribution in [0, 0.1) is 5.92 Å². The summed E-state index contributed by atoms with van der Waals surface area (Å²) in [5.41, 5.74) is 5.37. The average molecular weight is 186 g/mol. The third-order valence-corrected chi connectivity index (χ3v) is 2.09. The maximum atomic E-state index is 11.4. The van der Waals surface area contributed by atoms with E-state index in [9.17, 15) is 4.79 Å². The first kappa shape index (κ1) is 12.4. The molecule has 0 aliphatic rings. The number of unbranched alkanes of at least 4 members (excludes halogenated alkanes) is 1. The highest BCUT2D eigenvalue weighted by Gasteiger charge is 2.10. The lowest BCUT2D eigenvalue weighted by Gasteiger charge is -2.10. The Morgan fingerprint density at radius 2 is 2.15 bits per heavy atom. The number of nitrogens with one attached hydrogen (secondary N) is 1. The maximum absolute atomic E-state index is 11.4. The second kappa shape index (κ2) is 8.05. The van der Waals surface area contributed by atoms with Crippen LogP contribution in [0.3, 0.4) is 0 Å². The summed E-state index contributed by atoms with van der Waals surface area (Å²) in [4.78, 5) is 11.4. The average Bonchev–Trinajstić information content (AvgIpc) is 2.14. The van der Waals surface area contributed by atoms with Crippen LogP contribution in [-0.2, 0) is 4.79 Å². The highest BCUT2D eigenvalue weighted by molar-refractivity contribution is 5.78. The molecule has 0 heterocycles. The van der Waals surface area contributed by atoms with Crippen molar-refractivity contribution in [3.63, 3.8) is 0 Å². The second-order valence-corrected chi connectivity index (χ2v) is 3.48. The van der Waals surface area contributed by atoms with Gasteiger partial charge in [-0.25, -0.2) is 0 Å². The fraction of sp³-hybridized carbons (Fsp3) is 0.900. The van der Waals surface area contributed by atoms with Crippen molar-refractivity contribution >= 4 is 5.91 Å². The van der Waals surface area contributed by atoms with Crippen LogP contribution in [-0.4, -0.2) is 19.0 Å². The van der Waals surface area contributed by atoms with Crippen LogP contribution in [0.15, 0.2) is 0 Å². The quantitative estimate of drug-likeness (QED) is 0.588. The van der Waals surface area contributed by atoms with E-state index in [1.165, 1.54) is 0 Å². The number of carbonyl (C=O) groups is 1. The molecule has 0 aliphatic carbocycles. The van der Waals surface area contributed by atoms with Gasteiger partial charge in [0.25, 0.3) is 0 Å². The van der Waals surface area contributed by atoms with Crippen molar-refractivity contribution < 1.29 is 4.79 Å². The van der Waals surface area contributed by atoms with Gasteiger partial charge < -0.3 is 11.1 Å². The zero-order valence-electron chi connectivity index (χ0n) is 8.81. The molecule has 0 saturated carbocycles. The molecule has 0 aliphatic heterocycles. The van der Waals surface area contributed by atoms with E-state index in [-0.39, 0.29) is 11.8 Å². The summed E-state index contributed by atoms with van der Waals surface area (Å²) in [7, 11) is 0. The normalized spacial score (nSPS) is 12.5. The van der Waals surface area contributed by atoms with E-state index in [0.29, 0.717) is 0 Å². The monoisotopic (exact) mass is 186 g/mol. The van der Waals surface area contributed by atoms with Gasteiger partial charge in [0.1, 0.15) is 0 Å². The second-order valence-electron chi connectivity index (χ2n) is 3.48. The van der Waals surface area contributed by atoms with E-state index in [0.717, 1.165) is 38.8 Å². The molecule has 0 aromatic rings. The summed E-state index contributed by atoms with van der Waals surface area (Å²) >= 11 is 0.